The van der Waals surface area contributed by atoms with Gasteiger partial charge in [0.25, 0.3) is 0 Å². The summed E-state index contributed by atoms with van der Waals surface area (Å²) >= 11 is 9.53. The number of amides is 1. The molecule has 0 radical (unpaired) electrons. The maximum atomic E-state index is 12.3. The molecular formula is C17H15BrClN5O. The number of aryl methyl sites for hydroxylation is 1. The third-order valence-electron chi connectivity index (χ3n) is 3.46. The molecule has 6 nitrogen and oxygen atoms in total. The molecule has 0 saturated heterocycles. The minimum atomic E-state index is -0.198. The van der Waals surface area contributed by atoms with Crippen molar-refractivity contribution < 1.29 is 4.79 Å². The van der Waals surface area contributed by atoms with Gasteiger partial charge in [0.2, 0.25) is 5.91 Å². The topological polar surface area (TPSA) is 71.8 Å². The summed E-state index contributed by atoms with van der Waals surface area (Å²) < 4.78 is 2.47. The summed E-state index contributed by atoms with van der Waals surface area (Å²) in [5.41, 5.74) is 3.24. The lowest BCUT2D eigenvalue weighted by molar-refractivity contribution is -0.114. The van der Waals surface area contributed by atoms with Crippen LogP contribution in [0.5, 0.6) is 0 Å². The van der Waals surface area contributed by atoms with Gasteiger partial charge in [-0.3, -0.25) is 4.79 Å². The average Bonchev–Trinajstić information content (AvgIpc) is 3.08. The SMILES string of the molecule is Cc1ccc(NCC(=O)Nc2cc(Cl)ccc2-n2cncn2)c(Br)c1. The van der Waals surface area contributed by atoms with Crippen LogP contribution in [-0.2, 0) is 4.79 Å². The van der Waals surface area contributed by atoms with Gasteiger partial charge < -0.3 is 10.6 Å². The second-order valence-corrected chi connectivity index (χ2v) is 6.68. The number of nitrogens with zero attached hydrogens (tertiary/aromatic N) is 3. The first-order chi connectivity index (χ1) is 12.0. The Hall–Kier alpha value is -2.38. The highest BCUT2D eigenvalue weighted by Gasteiger charge is 2.10. The number of benzene rings is 2. The van der Waals surface area contributed by atoms with E-state index in [0.29, 0.717) is 16.4 Å². The van der Waals surface area contributed by atoms with Gasteiger partial charge in [-0.2, -0.15) is 5.10 Å². The lowest BCUT2D eigenvalue weighted by atomic mass is 10.2. The van der Waals surface area contributed by atoms with Gasteiger partial charge in [-0.25, -0.2) is 9.67 Å². The summed E-state index contributed by atoms with van der Waals surface area (Å²) in [7, 11) is 0. The molecule has 3 aromatic rings. The van der Waals surface area contributed by atoms with Crippen molar-refractivity contribution in [1.82, 2.24) is 14.8 Å². The molecule has 2 aromatic carbocycles. The van der Waals surface area contributed by atoms with Crippen LogP contribution in [0.15, 0.2) is 53.5 Å². The van der Waals surface area contributed by atoms with E-state index < -0.39 is 0 Å². The molecule has 0 bridgehead atoms. The van der Waals surface area contributed by atoms with E-state index in [9.17, 15) is 4.79 Å². The molecule has 128 valence electrons. The van der Waals surface area contributed by atoms with Crippen LogP contribution in [-0.4, -0.2) is 27.2 Å². The Morgan fingerprint density at radius 2 is 2.08 bits per heavy atom. The van der Waals surface area contributed by atoms with Crippen LogP contribution >= 0.6 is 27.5 Å². The normalized spacial score (nSPS) is 10.5. The molecule has 8 heteroatoms. The fourth-order valence-electron chi connectivity index (χ4n) is 2.27. The number of rotatable bonds is 5. The fourth-order valence-corrected chi connectivity index (χ4v) is 3.08. The molecule has 1 amide bonds. The number of nitrogens with one attached hydrogen (secondary N) is 2. The highest BCUT2D eigenvalue weighted by atomic mass is 79.9. The number of hydrogen-bond acceptors (Lipinski definition) is 4. The van der Waals surface area contributed by atoms with Crippen LogP contribution in [0.1, 0.15) is 5.56 Å². The van der Waals surface area contributed by atoms with Crippen molar-refractivity contribution in [2.45, 2.75) is 6.92 Å². The molecule has 0 atom stereocenters. The van der Waals surface area contributed by atoms with Gasteiger partial charge in [0.1, 0.15) is 12.7 Å². The monoisotopic (exact) mass is 419 g/mol. The first-order valence-electron chi connectivity index (χ1n) is 7.47. The molecule has 1 aromatic heterocycles. The average molecular weight is 421 g/mol. The number of hydrogen-bond donors (Lipinski definition) is 2. The fraction of sp³-hybridized carbons (Fsp3) is 0.118. The minimum Gasteiger partial charge on any atom is -0.375 e. The van der Waals surface area contributed by atoms with Crippen molar-refractivity contribution in [3.8, 4) is 5.69 Å². The molecule has 0 aliphatic carbocycles. The third-order valence-corrected chi connectivity index (χ3v) is 4.35. The summed E-state index contributed by atoms with van der Waals surface area (Å²) in [4.78, 5) is 16.2. The maximum Gasteiger partial charge on any atom is 0.243 e. The van der Waals surface area contributed by atoms with Gasteiger partial charge >= 0.3 is 0 Å². The van der Waals surface area contributed by atoms with E-state index >= 15 is 0 Å². The second-order valence-electron chi connectivity index (χ2n) is 5.39. The van der Waals surface area contributed by atoms with Gasteiger partial charge in [-0.1, -0.05) is 17.7 Å². The van der Waals surface area contributed by atoms with E-state index in [1.165, 1.54) is 6.33 Å². The van der Waals surface area contributed by atoms with Crippen LogP contribution in [0, 0.1) is 6.92 Å². The van der Waals surface area contributed by atoms with Gasteiger partial charge in [-0.15, -0.1) is 0 Å². The Labute approximate surface area is 158 Å². The first-order valence-corrected chi connectivity index (χ1v) is 8.64. The van der Waals surface area contributed by atoms with E-state index in [4.69, 9.17) is 11.6 Å². The smallest absolute Gasteiger partial charge is 0.243 e. The van der Waals surface area contributed by atoms with Crippen molar-refractivity contribution in [3.63, 3.8) is 0 Å². The highest BCUT2D eigenvalue weighted by Crippen LogP contribution is 2.25. The van der Waals surface area contributed by atoms with E-state index in [0.717, 1.165) is 15.7 Å². The largest absolute Gasteiger partial charge is 0.375 e. The highest BCUT2D eigenvalue weighted by molar-refractivity contribution is 9.10. The number of anilines is 2. The maximum absolute atomic E-state index is 12.3. The van der Waals surface area contributed by atoms with Crippen molar-refractivity contribution in [3.05, 3.63) is 64.1 Å². The van der Waals surface area contributed by atoms with Crippen molar-refractivity contribution in [2.24, 2.45) is 0 Å². The van der Waals surface area contributed by atoms with E-state index in [1.807, 2.05) is 25.1 Å². The van der Waals surface area contributed by atoms with E-state index in [2.05, 4.69) is 36.6 Å². The lowest BCUT2D eigenvalue weighted by Gasteiger charge is -2.13. The molecule has 25 heavy (non-hydrogen) atoms. The Morgan fingerprint density at radius 3 is 2.80 bits per heavy atom. The number of carbonyl (C=O) groups is 1. The van der Waals surface area contributed by atoms with Crippen LogP contribution in [0.3, 0.4) is 0 Å². The zero-order valence-electron chi connectivity index (χ0n) is 13.3. The number of halogens is 2. The Morgan fingerprint density at radius 1 is 1.24 bits per heavy atom. The van der Waals surface area contributed by atoms with Crippen molar-refractivity contribution >= 4 is 44.8 Å². The third kappa shape index (κ3) is 4.37. The molecular weight excluding hydrogens is 406 g/mol. The molecule has 3 rings (SSSR count). The predicted molar refractivity (Wildman–Crippen MR) is 102 cm³/mol. The molecule has 0 unspecified atom stereocenters. The number of aromatic nitrogens is 3. The van der Waals surface area contributed by atoms with Crippen LogP contribution in [0.2, 0.25) is 5.02 Å². The molecule has 1 heterocycles. The molecule has 0 aliphatic rings. The first kappa shape index (κ1) is 17.4. The standard InChI is InChI=1S/C17H15BrClN5O/c1-11-2-4-14(13(18)6-11)21-8-17(25)23-15-7-12(19)3-5-16(15)24-10-20-9-22-24/h2-7,9-10,21H,8H2,1H3,(H,23,25). The van der Waals surface area contributed by atoms with Crippen LogP contribution in [0.25, 0.3) is 5.69 Å². The molecule has 0 saturated carbocycles. The molecule has 0 aliphatic heterocycles. The van der Waals surface area contributed by atoms with Gasteiger partial charge in [0.15, 0.2) is 0 Å². The van der Waals surface area contributed by atoms with Crippen molar-refractivity contribution in [1.29, 1.82) is 0 Å². The van der Waals surface area contributed by atoms with Crippen LogP contribution < -0.4 is 10.6 Å². The van der Waals surface area contributed by atoms with Crippen molar-refractivity contribution in [2.75, 3.05) is 17.2 Å². The van der Waals surface area contributed by atoms with Crippen LogP contribution in [0.4, 0.5) is 11.4 Å². The lowest BCUT2D eigenvalue weighted by Crippen LogP contribution is -2.22. The summed E-state index contributed by atoms with van der Waals surface area (Å²) in [6.07, 6.45) is 2.98. The zero-order chi connectivity index (χ0) is 17.8. The summed E-state index contributed by atoms with van der Waals surface area (Å²) in [6.45, 7) is 2.12. The Kier molecular flexibility index (Phi) is 5.35. The van der Waals surface area contributed by atoms with Gasteiger partial charge in [0, 0.05) is 15.2 Å². The zero-order valence-corrected chi connectivity index (χ0v) is 15.7. The summed E-state index contributed by atoms with van der Waals surface area (Å²) in [5.74, 6) is -0.198. The summed E-state index contributed by atoms with van der Waals surface area (Å²) in [5, 5.41) is 10.6. The summed E-state index contributed by atoms with van der Waals surface area (Å²) in [6, 6.07) is 11.1. The molecule has 0 spiro atoms. The molecule has 2 N–H and O–H groups in total. The van der Waals surface area contributed by atoms with Gasteiger partial charge in [-0.05, 0) is 58.7 Å². The van der Waals surface area contributed by atoms with E-state index in [1.54, 1.807) is 29.2 Å². The number of carbonyl (C=O) groups excluding carboxylic acids is 1. The predicted octanol–water partition coefficient (Wildman–Crippen LogP) is 4.04. The van der Waals surface area contributed by atoms with Gasteiger partial charge in [0.05, 0.1) is 17.9 Å². The molecule has 0 fully saturated rings. The quantitative estimate of drug-likeness (QED) is 0.653. The Bertz CT molecular complexity index is 898. The second kappa shape index (κ2) is 7.67. The Balaban J connectivity index is 1.72. The minimum absolute atomic E-state index is 0.116. The van der Waals surface area contributed by atoms with E-state index in [-0.39, 0.29) is 12.5 Å².